The standard InChI is InChI=1S/C14H11ClF2O/c15-11-4-2-10(3-5-11)14(18)8-9-1-6-12(16)13(17)7-9/h1-7,14,18H,8H2. The van der Waals surface area contributed by atoms with E-state index in [1.165, 1.54) is 6.07 Å². The fraction of sp³-hybridized carbons (Fsp3) is 0.143. The monoisotopic (exact) mass is 268 g/mol. The highest BCUT2D eigenvalue weighted by Gasteiger charge is 2.10. The lowest BCUT2D eigenvalue weighted by Gasteiger charge is -2.11. The average molecular weight is 269 g/mol. The van der Waals surface area contributed by atoms with E-state index in [9.17, 15) is 13.9 Å². The third-order valence-electron chi connectivity index (χ3n) is 2.67. The molecule has 1 N–H and O–H groups in total. The summed E-state index contributed by atoms with van der Waals surface area (Å²) in [5.74, 6) is -1.80. The predicted octanol–water partition coefficient (Wildman–Crippen LogP) is 3.89. The Morgan fingerprint density at radius 3 is 2.28 bits per heavy atom. The highest BCUT2D eigenvalue weighted by atomic mass is 35.5. The van der Waals surface area contributed by atoms with Crippen molar-refractivity contribution in [3.05, 3.63) is 70.2 Å². The summed E-state index contributed by atoms with van der Waals surface area (Å²) < 4.78 is 25.8. The summed E-state index contributed by atoms with van der Waals surface area (Å²) >= 11 is 5.74. The topological polar surface area (TPSA) is 20.2 Å². The van der Waals surface area contributed by atoms with Crippen molar-refractivity contribution in [1.82, 2.24) is 0 Å². The molecule has 0 saturated heterocycles. The van der Waals surface area contributed by atoms with E-state index in [0.29, 0.717) is 16.1 Å². The van der Waals surface area contributed by atoms with Gasteiger partial charge in [-0.05, 0) is 35.4 Å². The molecule has 0 aromatic heterocycles. The fourth-order valence-corrected chi connectivity index (χ4v) is 1.82. The highest BCUT2D eigenvalue weighted by Crippen LogP contribution is 2.21. The maximum absolute atomic E-state index is 13.0. The Morgan fingerprint density at radius 2 is 1.67 bits per heavy atom. The lowest BCUT2D eigenvalue weighted by Crippen LogP contribution is -2.02. The fourth-order valence-electron chi connectivity index (χ4n) is 1.69. The van der Waals surface area contributed by atoms with Gasteiger partial charge in [0.05, 0.1) is 6.10 Å². The summed E-state index contributed by atoms with van der Waals surface area (Å²) in [7, 11) is 0. The van der Waals surface area contributed by atoms with Crippen LogP contribution in [0.4, 0.5) is 8.78 Å². The van der Waals surface area contributed by atoms with Crippen LogP contribution in [0, 0.1) is 11.6 Å². The molecule has 0 aliphatic carbocycles. The molecule has 2 aromatic rings. The second-order valence-corrected chi connectivity index (χ2v) is 4.46. The first-order valence-electron chi connectivity index (χ1n) is 5.44. The van der Waals surface area contributed by atoms with Crippen molar-refractivity contribution in [2.45, 2.75) is 12.5 Å². The van der Waals surface area contributed by atoms with Crippen LogP contribution in [0.2, 0.25) is 5.02 Å². The zero-order valence-electron chi connectivity index (χ0n) is 9.41. The molecule has 0 amide bonds. The van der Waals surface area contributed by atoms with Crippen molar-refractivity contribution in [3.8, 4) is 0 Å². The first-order valence-corrected chi connectivity index (χ1v) is 5.81. The van der Waals surface area contributed by atoms with E-state index in [4.69, 9.17) is 11.6 Å². The van der Waals surface area contributed by atoms with Crippen molar-refractivity contribution in [2.24, 2.45) is 0 Å². The van der Waals surface area contributed by atoms with Gasteiger partial charge in [0.25, 0.3) is 0 Å². The Balaban J connectivity index is 2.13. The lowest BCUT2D eigenvalue weighted by atomic mass is 10.0. The van der Waals surface area contributed by atoms with Crippen molar-refractivity contribution in [1.29, 1.82) is 0 Å². The summed E-state index contributed by atoms with van der Waals surface area (Å²) in [6, 6.07) is 10.3. The number of rotatable bonds is 3. The second kappa shape index (κ2) is 5.46. The van der Waals surface area contributed by atoms with E-state index in [-0.39, 0.29) is 6.42 Å². The van der Waals surface area contributed by atoms with Crippen LogP contribution in [0.25, 0.3) is 0 Å². The van der Waals surface area contributed by atoms with Gasteiger partial charge in [-0.25, -0.2) is 8.78 Å². The maximum Gasteiger partial charge on any atom is 0.159 e. The predicted molar refractivity (Wildman–Crippen MR) is 66.5 cm³/mol. The molecule has 1 nitrogen and oxygen atoms in total. The molecule has 1 atom stereocenters. The van der Waals surface area contributed by atoms with Gasteiger partial charge >= 0.3 is 0 Å². The maximum atomic E-state index is 13.0. The minimum atomic E-state index is -0.907. The number of halogens is 3. The van der Waals surface area contributed by atoms with Gasteiger partial charge in [-0.2, -0.15) is 0 Å². The number of aliphatic hydroxyl groups is 1. The molecule has 0 aliphatic heterocycles. The lowest BCUT2D eigenvalue weighted by molar-refractivity contribution is 0.178. The molecule has 4 heteroatoms. The Hall–Kier alpha value is -1.45. The molecular formula is C14H11ClF2O. The molecule has 1 unspecified atom stereocenters. The Morgan fingerprint density at radius 1 is 1.00 bits per heavy atom. The van der Waals surface area contributed by atoms with Gasteiger partial charge < -0.3 is 5.11 Å². The summed E-state index contributed by atoms with van der Waals surface area (Å²) in [6.07, 6.45) is -0.550. The molecule has 0 radical (unpaired) electrons. The quantitative estimate of drug-likeness (QED) is 0.895. The van der Waals surface area contributed by atoms with Crippen molar-refractivity contribution >= 4 is 11.6 Å². The van der Waals surface area contributed by atoms with Crippen LogP contribution in [0.3, 0.4) is 0 Å². The van der Waals surface area contributed by atoms with Crippen LogP contribution in [0.5, 0.6) is 0 Å². The zero-order valence-corrected chi connectivity index (χ0v) is 10.2. The van der Waals surface area contributed by atoms with Gasteiger partial charge in [0, 0.05) is 11.4 Å². The smallest absolute Gasteiger partial charge is 0.159 e. The normalized spacial score (nSPS) is 12.4. The first-order chi connectivity index (χ1) is 8.56. The molecule has 0 heterocycles. The Bertz CT molecular complexity index is 540. The number of hydrogen-bond acceptors (Lipinski definition) is 1. The summed E-state index contributed by atoms with van der Waals surface area (Å²) in [5, 5.41) is 10.5. The van der Waals surface area contributed by atoms with E-state index < -0.39 is 17.7 Å². The zero-order chi connectivity index (χ0) is 13.1. The second-order valence-electron chi connectivity index (χ2n) is 4.02. The van der Waals surface area contributed by atoms with Crippen LogP contribution in [-0.2, 0) is 6.42 Å². The van der Waals surface area contributed by atoms with Gasteiger partial charge in [-0.1, -0.05) is 29.8 Å². The van der Waals surface area contributed by atoms with Crippen LogP contribution < -0.4 is 0 Å². The van der Waals surface area contributed by atoms with Gasteiger partial charge in [-0.3, -0.25) is 0 Å². The van der Waals surface area contributed by atoms with Crippen molar-refractivity contribution < 1.29 is 13.9 Å². The van der Waals surface area contributed by atoms with Gasteiger partial charge in [-0.15, -0.1) is 0 Å². The minimum absolute atomic E-state index is 0.221. The van der Waals surface area contributed by atoms with Gasteiger partial charge in [0.1, 0.15) is 0 Å². The number of aliphatic hydroxyl groups excluding tert-OH is 1. The first kappa shape index (κ1) is 13.0. The van der Waals surface area contributed by atoms with Crippen molar-refractivity contribution in [2.75, 3.05) is 0 Å². The molecule has 0 spiro atoms. The molecule has 0 saturated carbocycles. The molecular weight excluding hydrogens is 258 g/mol. The summed E-state index contributed by atoms with van der Waals surface area (Å²) in [4.78, 5) is 0. The third-order valence-corrected chi connectivity index (χ3v) is 2.92. The van der Waals surface area contributed by atoms with Gasteiger partial charge in [0.2, 0.25) is 0 Å². The molecule has 18 heavy (non-hydrogen) atoms. The average Bonchev–Trinajstić information content (AvgIpc) is 2.34. The van der Waals surface area contributed by atoms with Crippen LogP contribution in [-0.4, -0.2) is 5.11 Å². The summed E-state index contributed by atoms with van der Waals surface area (Å²) in [5.41, 5.74) is 1.22. The third kappa shape index (κ3) is 3.06. The van der Waals surface area contributed by atoms with Crippen molar-refractivity contribution in [3.63, 3.8) is 0 Å². The Labute approximate surface area is 109 Å². The van der Waals surface area contributed by atoms with Crippen LogP contribution in [0.15, 0.2) is 42.5 Å². The Kier molecular flexibility index (Phi) is 3.94. The number of benzene rings is 2. The molecule has 94 valence electrons. The van der Waals surface area contributed by atoms with Crippen LogP contribution >= 0.6 is 11.6 Å². The molecule has 2 rings (SSSR count). The van der Waals surface area contributed by atoms with E-state index in [1.807, 2.05) is 0 Å². The molecule has 0 bridgehead atoms. The van der Waals surface area contributed by atoms with E-state index >= 15 is 0 Å². The van der Waals surface area contributed by atoms with E-state index in [2.05, 4.69) is 0 Å². The van der Waals surface area contributed by atoms with Crippen LogP contribution in [0.1, 0.15) is 17.2 Å². The van der Waals surface area contributed by atoms with E-state index in [1.54, 1.807) is 24.3 Å². The van der Waals surface area contributed by atoms with E-state index in [0.717, 1.165) is 12.1 Å². The molecule has 2 aromatic carbocycles. The van der Waals surface area contributed by atoms with Gasteiger partial charge in [0.15, 0.2) is 11.6 Å². The highest BCUT2D eigenvalue weighted by molar-refractivity contribution is 6.30. The largest absolute Gasteiger partial charge is 0.388 e. The molecule has 0 fully saturated rings. The minimum Gasteiger partial charge on any atom is -0.388 e. The summed E-state index contributed by atoms with van der Waals surface area (Å²) in [6.45, 7) is 0. The molecule has 0 aliphatic rings. The SMILES string of the molecule is OC(Cc1ccc(F)c(F)c1)c1ccc(Cl)cc1. The number of hydrogen-bond donors (Lipinski definition) is 1.